The second-order valence-corrected chi connectivity index (χ2v) is 8.00. The molecule has 0 saturated heterocycles. The number of carbonyl (C=O) groups is 1. The number of amides is 1. The number of hydrogen-bond acceptors (Lipinski definition) is 6. The summed E-state index contributed by atoms with van der Waals surface area (Å²) in [6.07, 6.45) is 7.02. The minimum absolute atomic E-state index is 0.0353. The van der Waals surface area contributed by atoms with Crippen LogP contribution >= 0.6 is 11.3 Å². The van der Waals surface area contributed by atoms with Crippen molar-refractivity contribution in [2.75, 3.05) is 0 Å². The van der Waals surface area contributed by atoms with Gasteiger partial charge in [-0.05, 0) is 30.4 Å². The Morgan fingerprint density at radius 2 is 2.19 bits per heavy atom. The highest BCUT2D eigenvalue weighted by atomic mass is 32.1. The lowest BCUT2D eigenvalue weighted by molar-refractivity contribution is 0.0914. The summed E-state index contributed by atoms with van der Waals surface area (Å²) in [5, 5.41) is 4.86. The van der Waals surface area contributed by atoms with Gasteiger partial charge in [-0.1, -0.05) is 13.8 Å². The second kappa shape index (κ2) is 6.57. The lowest BCUT2D eigenvalue weighted by Crippen LogP contribution is -2.37. The van der Waals surface area contributed by atoms with Crippen LogP contribution in [0.25, 0.3) is 11.4 Å². The fraction of sp³-hybridized carbons (Fsp3) is 0.316. The third kappa shape index (κ3) is 3.35. The Kier molecular flexibility index (Phi) is 4.24. The van der Waals surface area contributed by atoms with E-state index in [4.69, 9.17) is 4.98 Å². The molecule has 7 heteroatoms. The van der Waals surface area contributed by atoms with Crippen molar-refractivity contribution in [1.29, 1.82) is 0 Å². The van der Waals surface area contributed by atoms with Crippen LogP contribution in [0.3, 0.4) is 0 Å². The first kappa shape index (κ1) is 16.8. The standard InChI is InChI=1S/C19H19N5OS/c1-19(2)6-14-13(9-21-17(23-14)12-4-3-5-20-8-12)15(7-19)24-18(25)16-10-26-11-22-16/h3-5,8-11,15H,6-7H2,1-2H3,(H,24,25)/t15-/m1/s1. The van der Waals surface area contributed by atoms with Crippen LogP contribution < -0.4 is 5.32 Å². The number of thiazole rings is 1. The van der Waals surface area contributed by atoms with E-state index < -0.39 is 0 Å². The highest BCUT2D eigenvalue weighted by Gasteiger charge is 2.34. The van der Waals surface area contributed by atoms with Crippen LogP contribution in [0.5, 0.6) is 0 Å². The van der Waals surface area contributed by atoms with Crippen LogP contribution in [-0.4, -0.2) is 25.8 Å². The largest absolute Gasteiger partial charge is 0.344 e. The molecule has 1 N–H and O–H groups in total. The summed E-state index contributed by atoms with van der Waals surface area (Å²) >= 11 is 1.41. The number of pyridine rings is 1. The Balaban J connectivity index is 1.67. The smallest absolute Gasteiger partial charge is 0.271 e. The van der Waals surface area contributed by atoms with Gasteiger partial charge in [0, 0.05) is 35.1 Å². The molecule has 0 saturated carbocycles. The van der Waals surface area contributed by atoms with E-state index in [9.17, 15) is 4.79 Å². The SMILES string of the molecule is CC1(C)Cc2nc(-c3cccnc3)ncc2[C@H](NC(=O)c2cscn2)C1. The van der Waals surface area contributed by atoms with Crippen molar-refractivity contribution in [3.8, 4) is 11.4 Å². The number of nitrogens with zero attached hydrogens (tertiary/aromatic N) is 4. The van der Waals surface area contributed by atoms with E-state index in [2.05, 4.69) is 34.1 Å². The third-order valence-corrected chi connectivity index (χ3v) is 5.15. The number of carbonyl (C=O) groups excluding carboxylic acids is 1. The van der Waals surface area contributed by atoms with Crippen LogP contribution in [0.2, 0.25) is 0 Å². The van der Waals surface area contributed by atoms with Gasteiger partial charge in [0.15, 0.2) is 5.82 Å². The summed E-state index contributed by atoms with van der Waals surface area (Å²) in [5.41, 5.74) is 5.01. The quantitative estimate of drug-likeness (QED) is 0.769. The van der Waals surface area contributed by atoms with E-state index in [-0.39, 0.29) is 17.4 Å². The van der Waals surface area contributed by atoms with Gasteiger partial charge in [0.1, 0.15) is 5.69 Å². The molecule has 0 spiro atoms. The Hall–Kier alpha value is -2.67. The maximum absolute atomic E-state index is 12.5. The second-order valence-electron chi connectivity index (χ2n) is 7.28. The van der Waals surface area contributed by atoms with Gasteiger partial charge in [0.2, 0.25) is 0 Å². The van der Waals surface area contributed by atoms with Gasteiger partial charge in [-0.15, -0.1) is 11.3 Å². The topological polar surface area (TPSA) is 80.7 Å². The number of aromatic nitrogens is 4. The molecule has 0 aromatic carbocycles. The summed E-state index contributed by atoms with van der Waals surface area (Å²) in [6, 6.07) is 3.70. The van der Waals surface area contributed by atoms with E-state index in [1.54, 1.807) is 23.3 Å². The van der Waals surface area contributed by atoms with Gasteiger partial charge >= 0.3 is 0 Å². The average molecular weight is 365 g/mol. The van der Waals surface area contributed by atoms with E-state index in [1.807, 2.05) is 18.3 Å². The van der Waals surface area contributed by atoms with Gasteiger partial charge < -0.3 is 5.32 Å². The maximum Gasteiger partial charge on any atom is 0.271 e. The maximum atomic E-state index is 12.5. The van der Waals surface area contributed by atoms with Crippen molar-refractivity contribution < 1.29 is 4.79 Å². The third-order valence-electron chi connectivity index (χ3n) is 4.57. The van der Waals surface area contributed by atoms with Crippen molar-refractivity contribution in [3.63, 3.8) is 0 Å². The van der Waals surface area contributed by atoms with Crippen LogP contribution in [0.1, 0.15) is 48.1 Å². The number of fused-ring (bicyclic) bond motifs is 1. The summed E-state index contributed by atoms with van der Waals surface area (Å²) < 4.78 is 0. The Morgan fingerprint density at radius 3 is 2.92 bits per heavy atom. The molecule has 3 aromatic rings. The van der Waals surface area contributed by atoms with E-state index in [0.717, 1.165) is 29.7 Å². The fourth-order valence-electron chi connectivity index (χ4n) is 3.37. The Labute approximate surface area is 155 Å². The first-order valence-corrected chi connectivity index (χ1v) is 9.41. The predicted octanol–water partition coefficient (Wildman–Crippen LogP) is 3.44. The monoisotopic (exact) mass is 365 g/mol. The normalized spacial score (nSPS) is 18.2. The molecule has 6 nitrogen and oxygen atoms in total. The van der Waals surface area contributed by atoms with E-state index in [0.29, 0.717) is 11.5 Å². The van der Waals surface area contributed by atoms with Gasteiger partial charge in [-0.25, -0.2) is 15.0 Å². The summed E-state index contributed by atoms with van der Waals surface area (Å²) in [7, 11) is 0. The molecule has 3 aromatic heterocycles. The molecule has 0 bridgehead atoms. The first-order valence-electron chi connectivity index (χ1n) is 8.47. The fourth-order valence-corrected chi connectivity index (χ4v) is 3.90. The zero-order chi connectivity index (χ0) is 18.1. The number of rotatable bonds is 3. The number of hydrogen-bond donors (Lipinski definition) is 1. The minimum atomic E-state index is -0.156. The van der Waals surface area contributed by atoms with Crippen molar-refractivity contribution in [1.82, 2.24) is 25.3 Å². The van der Waals surface area contributed by atoms with Crippen LogP contribution in [0, 0.1) is 5.41 Å². The van der Waals surface area contributed by atoms with Gasteiger partial charge in [0.05, 0.1) is 17.2 Å². The van der Waals surface area contributed by atoms with Crippen molar-refractivity contribution in [2.45, 2.75) is 32.7 Å². The molecule has 0 radical (unpaired) electrons. The van der Waals surface area contributed by atoms with E-state index >= 15 is 0 Å². The first-order chi connectivity index (χ1) is 12.5. The molecule has 26 heavy (non-hydrogen) atoms. The molecule has 1 aliphatic carbocycles. The zero-order valence-corrected chi connectivity index (χ0v) is 15.5. The van der Waals surface area contributed by atoms with Crippen LogP contribution in [0.15, 0.2) is 41.6 Å². The molecule has 3 heterocycles. The Morgan fingerprint density at radius 1 is 1.31 bits per heavy atom. The molecule has 0 aliphatic heterocycles. The summed E-state index contributed by atoms with van der Waals surface area (Å²) in [4.78, 5) is 30.0. The van der Waals surface area contributed by atoms with Crippen molar-refractivity contribution in [2.24, 2.45) is 5.41 Å². The van der Waals surface area contributed by atoms with Crippen LogP contribution in [0.4, 0.5) is 0 Å². The molecule has 0 fully saturated rings. The van der Waals surface area contributed by atoms with Crippen LogP contribution in [-0.2, 0) is 6.42 Å². The minimum Gasteiger partial charge on any atom is -0.344 e. The molecule has 0 unspecified atom stereocenters. The molecule has 132 valence electrons. The van der Waals surface area contributed by atoms with E-state index in [1.165, 1.54) is 11.3 Å². The van der Waals surface area contributed by atoms with Gasteiger partial charge in [0.25, 0.3) is 5.91 Å². The molecule has 1 aliphatic rings. The molecular weight excluding hydrogens is 346 g/mol. The molecular formula is C19H19N5OS. The Bertz CT molecular complexity index is 924. The van der Waals surface area contributed by atoms with Crippen molar-refractivity contribution in [3.05, 3.63) is 58.6 Å². The lowest BCUT2D eigenvalue weighted by atomic mass is 9.74. The molecule has 4 rings (SSSR count). The average Bonchev–Trinajstić information content (AvgIpc) is 3.16. The molecule has 1 amide bonds. The van der Waals surface area contributed by atoms with Gasteiger partial charge in [-0.2, -0.15) is 0 Å². The highest BCUT2D eigenvalue weighted by Crippen LogP contribution is 2.40. The number of nitrogens with one attached hydrogen (secondary N) is 1. The predicted molar refractivity (Wildman–Crippen MR) is 99.7 cm³/mol. The summed E-state index contributed by atoms with van der Waals surface area (Å²) in [5.74, 6) is 0.510. The highest BCUT2D eigenvalue weighted by molar-refractivity contribution is 7.07. The van der Waals surface area contributed by atoms with Gasteiger partial charge in [-0.3, -0.25) is 9.78 Å². The van der Waals surface area contributed by atoms with Crippen molar-refractivity contribution >= 4 is 17.2 Å². The molecule has 1 atom stereocenters. The zero-order valence-electron chi connectivity index (χ0n) is 14.6. The lowest BCUT2D eigenvalue weighted by Gasteiger charge is -2.36. The summed E-state index contributed by atoms with van der Waals surface area (Å²) in [6.45, 7) is 4.40.